The van der Waals surface area contributed by atoms with E-state index in [-0.39, 0.29) is 6.09 Å². The molecule has 3 heteroatoms. The molecule has 56 valence electrons. The Morgan fingerprint density at radius 3 is 2.27 bits per heavy atom. The molecule has 11 heavy (non-hydrogen) atoms. The molecular weight excluding hydrogens is 142 g/mol. The van der Waals surface area contributed by atoms with Crippen molar-refractivity contribution in [3.63, 3.8) is 0 Å². The Bertz CT molecular complexity index is 291. The van der Waals surface area contributed by atoms with Crippen LogP contribution in [-0.4, -0.2) is 6.09 Å². The predicted molar refractivity (Wildman–Crippen MR) is 40.1 cm³/mol. The first-order valence-corrected chi connectivity index (χ1v) is 3.36. The maximum atomic E-state index is 10.5. The molecule has 0 aromatic heterocycles. The molecule has 0 N–H and O–H groups in total. The fourth-order valence-corrected chi connectivity index (χ4v) is 0.896. The Kier molecular flexibility index (Phi) is 1.12. The number of carbonyl (C=O) groups excluding carboxylic acids is 1. The van der Waals surface area contributed by atoms with Gasteiger partial charge in [0.25, 0.3) is 0 Å². The van der Waals surface area contributed by atoms with Gasteiger partial charge in [0.2, 0.25) is 0 Å². The second kappa shape index (κ2) is 1.99. The van der Waals surface area contributed by atoms with E-state index in [1.54, 1.807) is 0 Å². The van der Waals surface area contributed by atoms with Crippen molar-refractivity contribution >= 4 is 11.8 Å². The van der Waals surface area contributed by atoms with E-state index >= 15 is 0 Å². The minimum atomic E-state index is -0.283. The summed E-state index contributed by atoms with van der Waals surface area (Å²) in [5.74, 6) is 0. The maximum absolute atomic E-state index is 10.5. The van der Waals surface area contributed by atoms with Crippen LogP contribution >= 0.6 is 0 Å². The Hall–Kier alpha value is -1.51. The van der Waals surface area contributed by atoms with Gasteiger partial charge in [-0.2, -0.15) is 0 Å². The number of hydrogen-bond acceptors (Lipinski definition) is 2. The molecule has 1 heterocycles. The van der Waals surface area contributed by atoms with E-state index in [1.807, 2.05) is 31.2 Å². The summed E-state index contributed by atoms with van der Waals surface area (Å²) in [5, 5.41) is 1.25. The van der Waals surface area contributed by atoms with Gasteiger partial charge in [-0.15, -0.1) is 0 Å². The van der Waals surface area contributed by atoms with Crippen LogP contribution in [0.5, 0.6) is 0 Å². The summed E-state index contributed by atoms with van der Waals surface area (Å²) in [6, 6.07) is 7.56. The van der Waals surface area contributed by atoms with Crippen molar-refractivity contribution in [1.29, 1.82) is 0 Å². The standard InChI is InChI=1S/C8H7NO2/c1-6-2-4-7(5-3-6)9-8(10)11-9/h2-5H,1H3. The molecule has 1 aliphatic rings. The van der Waals surface area contributed by atoms with E-state index in [0.717, 1.165) is 5.69 Å². The number of carbonyl (C=O) groups is 1. The highest BCUT2D eigenvalue weighted by Crippen LogP contribution is 2.24. The van der Waals surface area contributed by atoms with Crippen molar-refractivity contribution in [2.75, 3.05) is 5.06 Å². The van der Waals surface area contributed by atoms with Gasteiger partial charge in [0.05, 0.1) is 5.69 Å². The molecule has 1 aliphatic heterocycles. The molecule has 0 spiro atoms. The number of hydrogen-bond donors (Lipinski definition) is 0. The zero-order valence-corrected chi connectivity index (χ0v) is 6.07. The van der Waals surface area contributed by atoms with E-state index in [9.17, 15) is 4.79 Å². The topological polar surface area (TPSA) is 32.6 Å². The highest BCUT2D eigenvalue weighted by molar-refractivity contribution is 5.97. The third kappa shape index (κ3) is 1.05. The predicted octanol–water partition coefficient (Wildman–Crippen LogP) is 1.87. The highest BCUT2D eigenvalue weighted by Gasteiger charge is 2.35. The zero-order chi connectivity index (χ0) is 7.84. The van der Waals surface area contributed by atoms with Crippen LogP contribution in [0.15, 0.2) is 24.3 Å². The SMILES string of the molecule is Cc1ccc(N2OC2=O)cc1. The Morgan fingerprint density at radius 2 is 1.82 bits per heavy atom. The summed E-state index contributed by atoms with van der Waals surface area (Å²) in [4.78, 5) is 15.0. The van der Waals surface area contributed by atoms with Crippen molar-refractivity contribution in [2.45, 2.75) is 6.92 Å². The van der Waals surface area contributed by atoms with Gasteiger partial charge in [-0.25, -0.2) is 4.79 Å². The average Bonchev–Trinajstić information content (AvgIpc) is 2.69. The molecule has 1 aromatic rings. The van der Waals surface area contributed by atoms with Crippen LogP contribution < -0.4 is 5.06 Å². The largest absolute Gasteiger partial charge is 0.473 e. The number of rotatable bonds is 1. The minimum absolute atomic E-state index is 0.283. The molecule has 3 nitrogen and oxygen atoms in total. The molecule has 0 aliphatic carbocycles. The number of amides is 1. The van der Waals surface area contributed by atoms with E-state index in [1.165, 1.54) is 10.6 Å². The number of benzene rings is 1. The van der Waals surface area contributed by atoms with Gasteiger partial charge >= 0.3 is 6.09 Å². The second-order valence-corrected chi connectivity index (χ2v) is 2.49. The van der Waals surface area contributed by atoms with E-state index in [0.29, 0.717) is 0 Å². The van der Waals surface area contributed by atoms with Crippen LogP contribution in [0.1, 0.15) is 5.56 Å². The lowest BCUT2D eigenvalue weighted by atomic mass is 10.2. The van der Waals surface area contributed by atoms with Crippen LogP contribution in [0.3, 0.4) is 0 Å². The summed E-state index contributed by atoms with van der Waals surface area (Å²) in [6.07, 6.45) is -0.283. The molecule has 1 fully saturated rings. The molecule has 0 radical (unpaired) electrons. The van der Waals surface area contributed by atoms with Crippen molar-refractivity contribution in [3.8, 4) is 0 Å². The first-order valence-electron chi connectivity index (χ1n) is 3.36. The smallest absolute Gasteiger partial charge is 0.308 e. The summed E-state index contributed by atoms with van der Waals surface area (Å²) in [5.41, 5.74) is 1.96. The van der Waals surface area contributed by atoms with Crippen LogP contribution in [0.25, 0.3) is 0 Å². The maximum Gasteiger partial charge on any atom is 0.473 e. The van der Waals surface area contributed by atoms with Gasteiger partial charge in [0, 0.05) is 0 Å². The van der Waals surface area contributed by atoms with Gasteiger partial charge < -0.3 is 4.84 Å². The van der Waals surface area contributed by atoms with Crippen molar-refractivity contribution in [1.82, 2.24) is 0 Å². The highest BCUT2D eigenvalue weighted by atomic mass is 16.9. The molecule has 2 rings (SSSR count). The van der Waals surface area contributed by atoms with Crippen LogP contribution in [-0.2, 0) is 4.84 Å². The van der Waals surface area contributed by atoms with E-state index in [4.69, 9.17) is 0 Å². The fraction of sp³-hybridized carbons (Fsp3) is 0.125. The number of hydroxylamine groups is 1. The number of anilines is 1. The normalized spacial score (nSPS) is 14.6. The van der Waals surface area contributed by atoms with Crippen molar-refractivity contribution < 1.29 is 9.63 Å². The first-order chi connectivity index (χ1) is 5.27. The van der Waals surface area contributed by atoms with Crippen molar-refractivity contribution in [3.05, 3.63) is 29.8 Å². The summed E-state index contributed by atoms with van der Waals surface area (Å²) in [7, 11) is 0. The molecule has 0 unspecified atom stereocenters. The Labute approximate surface area is 64.1 Å². The molecular formula is C8H7NO2. The van der Waals surface area contributed by atoms with Gasteiger partial charge in [-0.1, -0.05) is 22.8 Å². The Morgan fingerprint density at radius 1 is 1.27 bits per heavy atom. The monoisotopic (exact) mass is 149 g/mol. The lowest BCUT2D eigenvalue weighted by molar-refractivity contribution is 0.248. The molecule has 0 saturated carbocycles. The zero-order valence-electron chi connectivity index (χ0n) is 6.07. The van der Waals surface area contributed by atoms with Gasteiger partial charge in [0.1, 0.15) is 0 Å². The van der Waals surface area contributed by atoms with Gasteiger partial charge in [0.15, 0.2) is 0 Å². The van der Waals surface area contributed by atoms with Gasteiger partial charge in [-0.05, 0) is 19.1 Å². The fourth-order valence-electron chi connectivity index (χ4n) is 0.896. The molecule has 1 saturated heterocycles. The quantitative estimate of drug-likeness (QED) is 0.571. The molecule has 0 bridgehead atoms. The summed E-state index contributed by atoms with van der Waals surface area (Å²) >= 11 is 0. The van der Waals surface area contributed by atoms with Crippen LogP contribution in [0, 0.1) is 6.92 Å². The molecule has 1 aromatic carbocycles. The summed E-state index contributed by atoms with van der Waals surface area (Å²) < 4.78 is 0. The number of aryl methyl sites for hydroxylation is 1. The third-order valence-electron chi connectivity index (χ3n) is 1.57. The summed E-state index contributed by atoms with van der Waals surface area (Å²) in [6.45, 7) is 1.99. The van der Waals surface area contributed by atoms with Gasteiger partial charge in [-0.3, -0.25) is 0 Å². The molecule has 1 amide bonds. The first kappa shape index (κ1) is 6.22. The lowest BCUT2D eigenvalue weighted by Gasteiger charge is -1.94. The van der Waals surface area contributed by atoms with Crippen LogP contribution in [0.2, 0.25) is 0 Å². The lowest BCUT2D eigenvalue weighted by Crippen LogP contribution is -1.90. The molecule has 0 atom stereocenters. The van der Waals surface area contributed by atoms with Crippen molar-refractivity contribution in [2.24, 2.45) is 0 Å². The Balaban J connectivity index is 2.27. The van der Waals surface area contributed by atoms with Crippen LogP contribution in [0.4, 0.5) is 10.5 Å². The third-order valence-corrected chi connectivity index (χ3v) is 1.57. The average molecular weight is 149 g/mol. The second-order valence-electron chi connectivity index (χ2n) is 2.49. The van der Waals surface area contributed by atoms with E-state index in [2.05, 4.69) is 4.84 Å². The van der Waals surface area contributed by atoms with E-state index < -0.39 is 0 Å². The minimum Gasteiger partial charge on any atom is -0.308 e. The number of nitrogens with zero attached hydrogens (tertiary/aromatic N) is 1.